The number of para-hydroxylation sites is 1. The predicted molar refractivity (Wildman–Crippen MR) is 130 cm³/mol. The summed E-state index contributed by atoms with van der Waals surface area (Å²) < 4.78 is 11.4. The van der Waals surface area contributed by atoms with Gasteiger partial charge in [0.1, 0.15) is 5.75 Å². The fraction of sp³-hybridized carbons (Fsp3) is 0.741. The minimum atomic E-state index is -1.08. The van der Waals surface area contributed by atoms with Gasteiger partial charge in [-0.3, -0.25) is 4.79 Å². The number of rotatable bonds is 11. The van der Waals surface area contributed by atoms with Crippen LogP contribution in [0.25, 0.3) is 0 Å². The lowest BCUT2D eigenvalue weighted by Crippen LogP contribution is -2.49. The SMILES string of the molecule is COCCCCC(O)(c1ccccc1OCC1CC1)[C@@H]1CCCN(C(=O)[C@H]2C[C@@H](N)[C@H](O)C2)C1. The number of benzene rings is 1. The number of nitrogens with zero attached hydrogens (tertiary/aromatic N) is 1. The highest BCUT2D eigenvalue weighted by atomic mass is 16.5. The number of nitrogens with two attached hydrogens (primary N) is 1. The van der Waals surface area contributed by atoms with Crippen LogP contribution in [-0.2, 0) is 15.1 Å². The predicted octanol–water partition coefficient (Wildman–Crippen LogP) is 2.82. The molecule has 0 bridgehead atoms. The van der Waals surface area contributed by atoms with Crippen molar-refractivity contribution in [2.75, 3.05) is 33.4 Å². The second kappa shape index (κ2) is 11.4. The van der Waals surface area contributed by atoms with Crippen LogP contribution in [0, 0.1) is 17.8 Å². The molecule has 0 spiro atoms. The van der Waals surface area contributed by atoms with Gasteiger partial charge >= 0.3 is 0 Å². The first-order valence-electron chi connectivity index (χ1n) is 13.1. The van der Waals surface area contributed by atoms with Gasteiger partial charge in [0, 0.05) is 50.2 Å². The Labute approximate surface area is 203 Å². The fourth-order valence-electron chi connectivity index (χ4n) is 5.72. The summed E-state index contributed by atoms with van der Waals surface area (Å²) >= 11 is 0. The van der Waals surface area contributed by atoms with E-state index in [1.54, 1.807) is 7.11 Å². The molecule has 2 saturated carbocycles. The number of carbonyl (C=O) groups excluding carboxylic acids is 1. The Balaban J connectivity index is 1.53. The maximum Gasteiger partial charge on any atom is 0.225 e. The molecule has 1 saturated heterocycles. The molecule has 3 fully saturated rings. The van der Waals surface area contributed by atoms with Gasteiger partial charge in [0.15, 0.2) is 0 Å². The topological polar surface area (TPSA) is 105 Å². The van der Waals surface area contributed by atoms with E-state index >= 15 is 0 Å². The minimum Gasteiger partial charge on any atom is -0.493 e. The van der Waals surface area contributed by atoms with E-state index in [4.69, 9.17) is 15.2 Å². The molecule has 0 radical (unpaired) electrons. The summed E-state index contributed by atoms with van der Waals surface area (Å²) in [7, 11) is 1.70. The van der Waals surface area contributed by atoms with Gasteiger partial charge in [0.2, 0.25) is 5.91 Å². The molecule has 0 aromatic heterocycles. The van der Waals surface area contributed by atoms with Crippen LogP contribution in [0.15, 0.2) is 24.3 Å². The molecule has 3 aliphatic rings. The summed E-state index contributed by atoms with van der Waals surface area (Å²) in [5.41, 5.74) is 5.73. The summed E-state index contributed by atoms with van der Waals surface area (Å²) in [6.07, 6.45) is 6.78. The molecule has 1 aliphatic heterocycles. The van der Waals surface area contributed by atoms with Crippen LogP contribution in [0.1, 0.15) is 63.4 Å². The van der Waals surface area contributed by atoms with Gasteiger partial charge in [0.25, 0.3) is 0 Å². The zero-order valence-corrected chi connectivity index (χ0v) is 20.5. The first kappa shape index (κ1) is 25.4. The molecular formula is C27H42N2O5. The highest BCUT2D eigenvalue weighted by molar-refractivity contribution is 5.79. The van der Waals surface area contributed by atoms with Gasteiger partial charge in [0.05, 0.1) is 18.3 Å². The third kappa shape index (κ3) is 5.93. The summed E-state index contributed by atoms with van der Waals surface area (Å²) in [4.78, 5) is 15.2. The van der Waals surface area contributed by atoms with Gasteiger partial charge in [-0.05, 0) is 69.8 Å². The number of aliphatic hydroxyl groups is 2. The van der Waals surface area contributed by atoms with Gasteiger partial charge in [-0.15, -0.1) is 0 Å². The van der Waals surface area contributed by atoms with E-state index in [-0.39, 0.29) is 23.8 Å². The summed E-state index contributed by atoms with van der Waals surface area (Å²) in [6, 6.07) is 7.55. The molecule has 34 heavy (non-hydrogen) atoms. The van der Waals surface area contributed by atoms with E-state index in [1.165, 1.54) is 12.8 Å². The van der Waals surface area contributed by atoms with Crippen molar-refractivity contribution in [2.45, 2.75) is 75.5 Å². The molecule has 2 aliphatic carbocycles. The second-order valence-corrected chi connectivity index (χ2v) is 10.6. The number of ether oxygens (including phenoxy) is 2. The number of hydrogen-bond donors (Lipinski definition) is 3. The Bertz CT molecular complexity index is 806. The molecule has 7 heteroatoms. The Kier molecular flexibility index (Phi) is 8.51. The molecule has 1 amide bonds. The van der Waals surface area contributed by atoms with Crippen LogP contribution in [0.2, 0.25) is 0 Å². The molecule has 1 aromatic rings. The highest BCUT2D eigenvalue weighted by Crippen LogP contribution is 2.44. The third-order valence-corrected chi connectivity index (χ3v) is 8.02. The smallest absolute Gasteiger partial charge is 0.225 e. The van der Waals surface area contributed by atoms with Crippen molar-refractivity contribution in [3.8, 4) is 5.75 Å². The molecule has 4 N–H and O–H groups in total. The quantitative estimate of drug-likeness (QED) is 0.426. The lowest BCUT2D eigenvalue weighted by molar-refractivity contribution is -0.141. The normalized spacial score (nSPS) is 29.1. The van der Waals surface area contributed by atoms with E-state index in [1.807, 2.05) is 29.2 Å². The van der Waals surface area contributed by atoms with Crippen LogP contribution >= 0.6 is 0 Å². The van der Waals surface area contributed by atoms with Crippen LogP contribution in [0.3, 0.4) is 0 Å². The number of amides is 1. The first-order valence-corrected chi connectivity index (χ1v) is 13.1. The minimum absolute atomic E-state index is 0.0664. The number of aliphatic hydroxyl groups excluding tert-OH is 1. The number of carbonyl (C=O) groups is 1. The zero-order chi connectivity index (χ0) is 24.1. The number of hydrogen-bond acceptors (Lipinski definition) is 6. The van der Waals surface area contributed by atoms with Crippen LogP contribution in [0.4, 0.5) is 0 Å². The number of likely N-dealkylation sites (tertiary alicyclic amines) is 1. The van der Waals surface area contributed by atoms with Gasteiger partial charge in [-0.25, -0.2) is 0 Å². The monoisotopic (exact) mass is 474 g/mol. The molecule has 1 unspecified atom stereocenters. The lowest BCUT2D eigenvalue weighted by Gasteiger charge is -2.44. The van der Waals surface area contributed by atoms with E-state index in [0.717, 1.165) is 37.0 Å². The van der Waals surface area contributed by atoms with E-state index in [0.29, 0.717) is 51.5 Å². The maximum atomic E-state index is 13.3. The fourth-order valence-corrected chi connectivity index (χ4v) is 5.72. The molecule has 1 heterocycles. The molecule has 5 atom stereocenters. The van der Waals surface area contributed by atoms with E-state index < -0.39 is 11.7 Å². The third-order valence-electron chi connectivity index (χ3n) is 8.02. The number of piperidine rings is 1. The van der Waals surface area contributed by atoms with E-state index in [9.17, 15) is 15.0 Å². The summed E-state index contributed by atoms with van der Waals surface area (Å²) in [5, 5.41) is 22.3. The van der Waals surface area contributed by atoms with Crippen molar-refractivity contribution >= 4 is 5.91 Å². The van der Waals surface area contributed by atoms with Crippen molar-refractivity contribution in [1.82, 2.24) is 4.90 Å². The highest BCUT2D eigenvalue weighted by Gasteiger charge is 2.44. The number of unbranched alkanes of at least 4 members (excludes halogenated alkanes) is 1. The molecular weight excluding hydrogens is 432 g/mol. The first-order chi connectivity index (χ1) is 16.4. The standard InChI is InChI=1S/C27H42N2O5/c1-33-14-5-4-12-27(32,22-8-2-3-9-25(22)34-18-19-10-11-19)21-7-6-13-29(17-21)26(31)20-15-23(28)24(30)16-20/h2-3,8-9,19-21,23-24,30,32H,4-7,10-18,28H2,1H3/t20-,21+,23+,24+,27?/m0/s1. The molecule has 7 nitrogen and oxygen atoms in total. The van der Waals surface area contributed by atoms with Crippen LogP contribution < -0.4 is 10.5 Å². The van der Waals surface area contributed by atoms with E-state index in [2.05, 4.69) is 0 Å². The Morgan fingerprint density at radius 2 is 2.00 bits per heavy atom. The van der Waals surface area contributed by atoms with Crippen molar-refractivity contribution in [1.29, 1.82) is 0 Å². The van der Waals surface area contributed by atoms with Crippen LogP contribution in [0.5, 0.6) is 5.75 Å². The Hall–Kier alpha value is -1.67. The largest absolute Gasteiger partial charge is 0.493 e. The molecule has 1 aromatic carbocycles. The molecule has 4 rings (SSSR count). The van der Waals surface area contributed by atoms with Gasteiger partial charge < -0.3 is 30.3 Å². The maximum absolute atomic E-state index is 13.3. The van der Waals surface area contributed by atoms with Gasteiger partial charge in [-0.2, -0.15) is 0 Å². The van der Waals surface area contributed by atoms with Crippen molar-refractivity contribution in [2.24, 2.45) is 23.5 Å². The summed E-state index contributed by atoms with van der Waals surface area (Å²) in [6.45, 7) is 2.56. The average Bonchev–Trinajstić information content (AvgIpc) is 3.63. The van der Waals surface area contributed by atoms with Crippen LogP contribution in [-0.4, -0.2) is 66.6 Å². The summed E-state index contributed by atoms with van der Waals surface area (Å²) in [5.74, 6) is 1.14. The second-order valence-electron chi connectivity index (χ2n) is 10.6. The lowest BCUT2D eigenvalue weighted by atomic mass is 9.73. The van der Waals surface area contributed by atoms with Crippen molar-refractivity contribution < 1.29 is 24.5 Å². The number of methoxy groups -OCH3 is 1. The van der Waals surface area contributed by atoms with Crippen molar-refractivity contribution in [3.05, 3.63) is 29.8 Å². The average molecular weight is 475 g/mol. The van der Waals surface area contributed by atoms with Crippen molar-refractivity contribution in [3.63, 3.8) is 0 Å². The van der Waals surface area contributed by atoms with Gasteiger partial charge in [-0.1, -0.05) is 18.2 Å². The Morgan fingerprint density at radius 3 is 2.71 bits per heavy atom. The zero-order valence-electron chi connectivity index (χ0n) is 20.5. The molecule has 190 valence electrons. The Morgan fingerprint density at radius 1 is 1.21 bits per heavy atom.